The van der Waals surface area contributed by atoms with Crippen LogP contribution < -0.4 is 4.74 Å². The van der Waals surface area contributed by atoms with E-state index in [0.29, 0.717) is 5.56 Å². The summed E-state index contributed by atoms with van der Waals surface area (Å²) in [6, 6.07) is 8.56. The number of benzene rings is 1. The highest BCUT2D eigenvalue weighted by molar-refractivity contribution is 5.33. The lowest BCUT2D eigenvalue weighted by Gasteiger charge is -2.14. The Hall–Kier alpha value is -1.94. The summed E-state index contributed by atoms with van der Waals surface area (Å²) in [4.78, 5) is 4.26. The fourth-order valence-electron chi connectivity index (χ4n) is 2.26. The Kier molecular flexibility index (Phi) is 4.35. The largest absolute Gasteiger partial charge is 0.494 e. The van der Waals surface area contributed by atoms with Crippen molar-refractivity contribution < 1.29 is 14.2 Å². The molecule has 0 spiro atoms. The summed E-state index contributed by atoms with van der Waals surface area (Å²) in [5.74, 6) is -0.228. The number of aliphatic hydroxyl groups is 1. The van der Waals surface area contributed by atoms with Crippen LogP contribution in [0.3, 0.4) is 0 Å². The number of hydrogen-bond acceptors (Lipinski definition) is 3. The molecule has 2 rings (SSSR count). The molecular formula is C16H18FNO2. The van der Waals surface area contributed by atoms with Crippen LogP contribution in [0.25, 0.3) is 0 Å². The number of halogens is 1. The zero-order valence-corrected chi connectivity index (χ0v) is 11.9. The highest BCUT2D eigenvalue weighted by Gasteiger charge is 2.15. The third kappa shape index (κ3) is 3.14. The van der Waals surface area contributed by atoms with Crippen LogP contribution in [0.15, 0.2) is 30.3 Å². The van der Waals surface area contributed by atoms with Crippen molar-refractivity contribution in [2.24, 2.45) is 0 Å². The molecule has 20 heavy (non-hydrogen) atoms. The number of aromatic nitrogens is 1. The Balaban J connectivity index is 2.25. The van der Waals surface area contributed by atoms with Gasteiger partial charge in [-0.25, -0.2) is 4.39 Å². The molecule has 1 atom stereocenters. The number of nitrogens with zero attached hydrogens (tertiary/aromatic N) is 1. The molecule has 0 fully saturated rings. The summed E-state index contributed by atoms with van der Waals surface area (Å²) < 4.78 is 19.0. The lowest BCUT2D eigenvalue weighted by molar-refractivity contribution is 0.176. The average Bonchev–Trinajstić information content (AvgIpc) is 2.40. The minimum atomic E-state index is -0.767. The lowest BCUT2D eigenvalue weighted by Crippen LogP contribution is -2.06. The fourth-order valence-corrected chi connectivity index (χ4v) is 2.26. The van der Waals surface area contributed by atoms with E-state index in [1.807, 2.05) is 26.0 Å². The van der Waals surface area contributed by atoms with Gasteiger partial charge in [0.2, 0.25) is 0 Å². The smallest absolute Gasteiger partial charge is 0.168 e. The van der Waals surface area contributed by atoms with Crippen LogP contribution in [-0.2, 0) is 6.42 Å². The highest BCUT2D eigenvalue weighted by Crippen LogP contribution is 2.25. The number of methoxy groups -OCH3 is 1. The Bertz CT molecular complexity index is 593. The van der Waals surface area contributed by atoms with Gasteiger partial charge in [-0.3, -0.25) is 4.98 Å². The van der Waals surface area contributed by atoms with Crippen molar-refractivity contribution in [1.82, 2.24) is 4.98 Å². The molecule has 106 valence electrons. The van der Waals surface area contributed by atoms with Crippen molar-refractivity contribution in [3.8, 4) is 5.75 Å². The summed E-state index contributed by atoms with van der Waals surface area (Å²) in [6.07, 6.45) is -0.566. The standard InChI is InChI=1S/C16H18FNO2/c1-10-7-13(8-11(2)18-10)14(19)9-12-5-4-6-15(20-3)16(12)17/h4-8,14,19H,9H2,1-3H3. The van der Waals surface area contributed by atoms with E-state index in [4.69, 9.17) is 4.74 Å². The Labute approximate surface area is 118 Å². The van der Waals surface area contributed by atoms with Crippen LogP contribution in [0.5, 0.6) is 5.75 Å². The van der Waals surface area contributed by atoms with Crippen LogP contribution in [0.2, 0.25) is 0 Å². The maximum atomic E-state index is 14.1. The molecule has 0 saturated heterocycles. The van der Waals surface area contributed by atoms with Gasteiger partial charge in [-0.2, -0.15) is 0 Å². The second-order valence-corrected chi connectivity index (χ2v) is 4.84. The van der Waals surface area contributed by atoms with E-state index in [0.717, 1.165) is 17.0 Å². The normalized spacial score (nSPS) is 12.2. The molecule has 0 aliphatic heterocycles. The topological polar surface area (TPSA) is 42.4 Å². The predicted octanol–water partition coefficient (Wildman–Crippen LogP) is 3.12. The van der Waals surface area contributed by atoms with Crippen LogP contribution in [-0.4, -0.2) is 17.2 Å². The minimum absolute atomic E-state index is 0.191. The van der Waals surface area contributed by atoms with Gasteiger partial charge in [-0.1, -0.05) is 12.1 Å². The van der Waals surface area contributed by atoms with Gasteiger partial charge < -0.3 is 9.84 Å². The fraction of sp³-hybridized carbons (Fsp3) is 0.312. The molecule has 0 aliphatic carbocycles. The van der Waals surface area contributed by atoms with E-state index in [1.54, 1.807) is 18.2 Å². The first-order chi connectivity index (χ1) is 9.51. The van der Waals surface area contributed by atoms with Crippen molar-refractivity contribution >= 4 is 0 Å². The summed E-state index contributed by atoms with van der Waals surface area (Å²) in [5, 5.41) is 10.3. The summed E-state index contributed by atoms with van der Waals surface area (Å²) >= 11 is 0. The van der Waals surface area contributed by atoms with E-state index < -0.39 is 11.9 Å². The van der Waals surface area contributed by atoms with Crippen molar-refractivity contribution in [1.29, 1.82) is 0 Å². The quantitative estimate of drug-likeness (QED) is 0.932. The van der Waals surface area contributed by atoms with Crippen LogP contribution in [0.4, 0.5) is 4.39 Å². The molecule has 2 aromatic rings. The maximum absolute atomic E-state index is 14.1. The summed E-state index contributed by atoms with van der Waals surface area (Å²) in [5.41, 5.74) is 2.86. The molecule has 0 bridgehead atoms. The van der Waals surface area contributed by atoms with E-state index >= 15 is 0 Å². The van der Waals surface area contributed by atoms with Gasteiger partial charge in [0.25, 0.3) is 0 Å². The molecule has 0 aliphatic rings. The van der Waals surface area contributed by atoms with Crippen molar-refractivity contribution in [3.05, 3.63) is 58.7 Å². The van der Waals surface area contributed by atoms with E-state index in [9.17, 15) is 9.50 Å². The van der Waals surface area contributed by atoms with Gasteiger partial charge in [0.05, 0.1) is 13.2 Å². The summed E-state index contributed by atoms with van der Waals surface area (Å²) in [6.45, 7) is 3.74. The zero-order chi connectivity index (χ0) is 14.7. The highest BCUT2D eigenvalue weighted by atomic mass is 19.1. The van der Waals surface area contributed by atoms with Crippen molar-refractivity contribution in [3.63, 3.8) is 0 Å². The molecule has 0 saturated carbocycles. The number of ether oxygens (including phenoxy) is 1. The predicted molar refractivity (Wildman–Crippen MR) is 75.3 cm³/mol. The molecule has 3 nitrogen and oxygen atoms in total. The first-order valence-corrected chi connectivity index (χ1v) is 6.46. The lowest BCUT2D eigenvalue weighted by atomic mass is 10.0. The molecule has 1 heterocycles. The van der Waals surface area contributed by atoms with Gasteiger partial charge in [-0.05, 0) is 43.2 Å². The van der Waals surface area contributed by atoms with Gasteiger partial charge in [-0.15, -0.1) is 0 Å². The minimum Gasteiger partial charge on any atom is -0.494 e. The molecule has 0 radical (unpaired) electrons. The maximum Gasteiger partial charge on any atom is 0.168 e. The number of aliphatic hydroxyl groups excluding tert-OH is 1. The second kappa shape index (κ2) is 6.01. The van der Waals surface area contributed by atoms with Gasteiger partial charge in [0.15, 0.2) is 11.6 Å². The third-order valence-electron chi connectivity index (χ3n) is 3.17. The van der Waals surface area contributed by atoms with Gasteiger partial charge in [0.1, 0.15) is 0 Å². The SMILES string of the molecule is COc1cccc(CC(O)c2cc(C)nc(C)c2)c1F. The molecule has 1 unspecified atom stereocenters. The third-order valence-corrected chi connectivity index (χ3v) is 3.17. The average molecular weight is 275 g/mol. The molecular weight excluding hydrogens is 257 g/mol. The van der Waals surface area contributed by atoms with Crippen molar-refractivity contribution in [2.45, 2.75) is 26.4 Å². The Morgan fingerprint density at radius 1 is 1.25 bits per heavy atom. The first kappa shape index (κ1) is 14.5. The van der Waals surface area contributed by atoms with Gasteiger partial charge >= 0.3 is 0 Å². The Morgan fingerprint density at radius 3 is 2.50 bits per heavy atom. The van der Waals surface area contributed by atoms with E-state index in [2.05, 4.69) is 4.98 Å². The van der Waals surface area contributed by atoms with E-state index in [-0.39, 0.29) is 12.2 Å². The second-order valence-electron chi connectivity index (χ2n) is 4.84. The molecule has 1 aromatic carbocycles. The van der Waals surface area contributed by atoms with Crippen LogP contribution >= 0.6 is 0 Å². The number of hydrogen-bond donors (Lipinski definition) is 1. The van der Waals surface area contributed by atoms with Crippen LogP contribution in [0, 0.1) is 19.7 Å². The van der Waals surface area contributed by atoms with E-state index in [1.165, 1.54) is 7.11 Å². The Morgan fingerprint density at radius 2 is 1.90 bits per heavy atom. The van der Waals surface area contributed by atoms with Gasteiger partial charge in [0, 0.05) is 17.8 Å². The van der Waals surface area contributed by atoms with Crippen molar-refractivity contribution in [2.75, 3.05) is 7.11 Å². The monoisotopic (exact) mass is 275 g/mol. The number of pyridine rings is 1. The molecule has 0 amide bonds. The molecule has 1 N–H and O–H groups in total. The number of rotatable bonds is 4. The van der Waals surface area contributed by atoms with Crippen LogP contribution in [0.1, 0.15) is 28.6 Å². The molecule has 1 aromatic heterocycles. The molecule has 4 heteroatoms. The zero-order valence-electron chi connectivity index (χ0n) is 11.9. The summed E-state index contributed by atoms with van der Waals surface area (Å²) in [7, 11) is 1.42. The first-order valence-electron chi connectivity index (χ1n) is 6.46. The number of aryl methyl sites for hydroxylation is 2.